The molecule has 27 heavy (non-hydrogen) atoms. The van der Waals surface area contributed by atoms with Crippen molar-refractivity contribution in [3.05, 3.63) is 82.3 Å². The lowest BCUT2D eigenvalue weighted by Gasteiger charge is -2.21. The molecule has 0 aliphatic heterocycles. The Morgan fingerprint density at radius 1 is 1.19 bits per heavy atom. The zero-order chi connectivity index (χ0) is 18.6. The molecule has 0 bridgehead atoms. The average Bonchev–Trinajstić information content (AvgIpc) is 3.43. The van der Waals surface area contributed by atoms with Gasteiger partial charge in [-0.1, -0.05) is 12.1 Å². The van der Waals surface area contributed by atoms with E-state index in [4.69, 9.17) is 4.42 Å². The van der Waals surface area contributed by atoms with Crippen LogP contribution in [0.4, 0.5) is 0 Å². The maximum atomic E-state index is 13.3. The van der Waals surface area contributed by atoms with Gasteiger partial charge < -0.3 is 9.32 Å². The fourth-order valence-electron chi connectivity index (χ4n) is 2.75. The molecule has 0 saturated carbocycles. The minimum atomic E-state index is -0.0481. The summed E-state index contributed by atoms with van der Waals surface area (Å²) in [6.45, 7) is 2.74. The molecule has 0 aromatic carbocycles. The first kappa shape index (κ1) is 17.6. The molecule has 0 aliphatic carbocycles. The third kappa shape index (κ3) is 3.99. The molecule has 136 valence electrons. The summed E-state index contributed by atoms with van der Waals surface area (Å²) in [7, 11) is 0. The Bertz CT molecular complexity index is 1010. The second-order valence-corrected chi connectivity index (χ2v) is 7.96. The molecule has 4 rings (SSSR count). The van der Waals surface area contributed by atoms with Crippen LogP contribution in [-0.4, -0.2) is 20.8 Å². The van der Waals surface area contributed by atoms with Gasteiger partial charge in [-0.3, -0.25) is 9.78 Å². The average molecular weight is 396 g/mol. The van der Waals surface area contributed by atoms with Crippen molar-refractivity contribution >= 4 is 28.6 Å². The number of amides is 1. The van der Waals surface area contributed by atoms with Crippen LogP contribution in [0.3, 0.4) is 0 Å². The van der Waals surface area contributed by atoms with Crippen LogP contribution in [0.2, 0.25) is 0 Å². The zero-order valence-electron chi connectivity index (χ0n) is 14.7. The van der Waals surface area contributed by atoms with Crippen LogP contribution >= 0.6 is 22.7 Å². The first-order valence-electron chi connectivity index (χ1n) is 8.42. The number of aryl methyl sites for hydroxylation is 1. The molecular formula is C20H17N3O2S2. The van der Waals surface area contributed by atoms with Crippen LogP contribution in [-0.2, 0) is 13.1 Å². The summed E-state index contributed by atoms with van der Waals surface area (Å²) in [6.07, 6.45) is 5.12. The van der Waals surface area contributed by atoms with E-state index in [1.54, 1.807) is 34.9 Å². The van der Waals surface area contributed by atoms with Crippen molar-refractivity contribution in [3.63, 3.8) is 0 Å². The number of carbonyl (C=O) groups excluding carboxylic acids is 1. The molecule has 4 aromatic rings. The Hall–Kier alpha value is -2.77. The van der Waals surface area contributed by atoms with Gasteiger partial charge in [-0.2, -0.15) is 0 Å². The van der Waals surface area contributed by atoms with Gasteiger partial charge in [0, 0.05) is 18.9 Å². The Balaban J connectivity index is 1.63. The van der Waals surface area contributed by atoms with Gasteiger partial charge in [-0.25, -0.2) is 4.98 Å². The third-order valence-corrected chi connectivity index (χ3v) is 6.22. The lowest BCUT2D eigenvalue weighted by molar-refractivity contribution is 0.0721. The van der Waals surface area contributed by atoms with E-state index in [2.05, 4.69) is 9.97 Å². The van der Waals surface area contributed by atoms with Crippen molar-refractivity contribution in [2.75, 3.05) is 0 Å². The summed E-state index contributed by atoms with van der Waals surface area (Å²) in [4.78, 5) is 25.6. The second-order valence-electron chi connectivity index (χ2n) is 6.01. The highest BCUT2D eigenvalue weighted by Crippen LogP contribution is 2.32. The van der Waals surface area contributed by atoms with Crippen LogP contribution in [0.1, 0.15) is 26.7 Å². The summed E-state index contributed by atoms with van der Waals surface area (Å²) in [6, 6.07) is 11.6. The topological polar surface area (TPSA) is 59.2 Å². The number of thiazole rings is 1. The quantitative estimate of drug-likeness (QED) is 0.460. The SMILES string of the molecule is Cc1nc(-c2cccs2)sc1C(=O)N(Cc1cccnc1)Cc1ccco1. The van der Waals surface area contributed by atoms with E-state index in [9.17, 15) is 4.79 Å². The standard InChI is InChI=1S/C20H17N3O2S2/c1-14-18(27-19(22-14)17-7-4-10-26-17)20(24)23(13-16-6-3-9-25-16)12-15-5-2-8-21-11-15/h2-11H,12-13H2,1H3. The van der Waals surface area contributed by atoms with E-state index in [0.29, 0.717) is 18.0 Å². The van der Waals surface area contributed by atoms with Crippen LogP contribution in [0.25, 0.3) is 9.88 Å². The highest BCUT2D eigenvalue weighted by molar-refractivity contribution is 7.22. The van der Waals surface area contributed by atoms with E-state index in [1.165, 1.54) is 11.3 Å². The van der Waals surface area contributed by atoms with Gasteiger partial charge in [0.15, 0.2) is 0 Å². The van der Waals surface area contributed by atoms with E-state index < -0.39 is 0 Å². The van der Waals surface area contributed by atoms with Gasteiger partial charge in [0.2, 0.25) is 0 Å². The molecule has 1 amide bonds. The lowest BCUT2D eigenvalue weighted by Crippen LogP contribution is -2.30. The normalized spacial score (nSPS) is 10.9. The molecule has 0 saturated heterocycles. The Kier molecular flexibility index (Phi) is 5.13. The van der Waals surface area contributed by atoms with Crippen LogP contribution in [0, 0.1) is 6.92 Å². The number of thiophene rings is 1. The molecule has 4 aromatic heterocycles. The Labute approximate surface area is 164 Å². The van der Waals surface area contributed by atoms with Crippen molar-refractivity contribution in [3.8, 4) is 9.88 Å². The predicted molar refractivity (Wildman–Crippen MR) is 107 cm³/mol. The number of rotatable bonds is 6. The van der Waals surface area contributed by atoms with Gasteiger partial charge in [0.1, 0.15) is 15.6 Å². The summed E-state index contributed by atoms with van der Waals surface area (Å²) in [5.74, 6) is 0.695. The van der Waals surface area contributed by atoms with Crippen molar-refractivity contribution < 1.29 is 9.21 Å². The number of nitrogens with zero attached hydrogens (tertiary/aromatic N) is 3. The largest absolute Gasteiger partial charge is 0.467 e. The highest BCUT2D eigenvalue weighted by atomic mass is 32.1. The number of hydrogen-bond acceptors (Lipinski definition) is 6. The van der Waals surface area contributed by atoms with Crippen molar-refractivity contribution in [2.24, 2.45) is 0 Å². The molecule has 0 fully saturated rings. The highest BCUT2D eigenvalue weighted by Gasteiger charge is 2.23. The van der Waals surface area contributed by atoms with Crippen LogP contribution < -0.4 is 0 Å². The number of pyridine rings is 1. The summed E-state index contributed by atoms with van der Waals surface area (Å²) in [5.41, 5.74) is 1.72. The van der Waals surface area contributed by atoms with Crippen molar-refractivity contribution in [1.82, 2.24) is 14.9 Å². The van der Waals surface area contributed by atoms with Crippen molar-refractivity contribution in [2.45, 2.75) is 20.0 Å². The molecule has 0 N–H and O–H groups in total. The molecule has 0 radical (unpaired) electrons. The van der Waals surface area contributed by atoms with E-state index >= 15 is 0 Å². The third-order valence-electron chi connectivity index (χ3n) is 4.03. The number of carbonyl (C=O) groups is 1. The Morgan fingerprint density at radius 2 is 2.11 bits per heavy atom. The molecule has 5 nitrogen and oxygen atoms in total. The maximum absolute atomic E-state index is 13.3. The van der Waals surface area contributed by atoms with Gasteiger partial charge in [-0.15, -0.1) is 22.7 Å². The lowest BCUT2D eigenvalue weighted by atomic mass is 10.2. The molecule has 0 aliphatic rings. The first-order valence-corrected chi connectivity index (χ1v) is 10.1. The Morgan fingerprint density at radius 3 is 2.81 bits per heavy atom. The predicted octanol–water partition coefficient (Wildman–Crippen LogP) is 5.01. The minimum Gasteiger partial charge on any atom is -0.467 e. The van der Waals surface area contributed by atoms with Gasteiger partial charge >= 0.3 is 0 Å². The van der Waals surface area contributed by atoms with Crippen LogP contribution in [0.5, 0.6) is 0 Å². The fourth-order valence-corrected chi connectivity index (χ4v) is 4.58. The van der Waals surface area contributed by atoms with E-state index in [1.807, 2.05) is 48.7 Å². The molecule has 0 spiro atoms. The monoisotopic (exact) mass is 395 g/mol. The van der Waals surface area contributed by atoms with Crippen molar-refractivity contribution in [1.29, 1.82) is 0 Å². The summed E-state index contributed by atoms with van der Waals surface area (Å²) < 4.78 is 5.46. The molecular weight excluding hydrogens is 378 g/mol. The van der Waals surface area contributed by atoms with E-state index in [0.717, 1.165) is 26.9 Å². The van der Waals surface area contributed by atoms with Gasteiger partial charge in [0.25, 0.3) is 5.91 Å². The zero-order valence-corrected chi connectivity index (χ0v) is 16.3. The maximum Gasteiger partial charge on any atom is 0.266 e. The smallest absolute Gasteiger partial charge is 0.266 e. The number of aromatic nitrogens is 2. The summed E-state index contributed by atoms with van der Waals surface area (Å²) >= 11 is 3.06. The fraction of sp³-hybridized carbons (Fsp3) is 0.150. The number of furan rings is 1. The molecule has 0 atom stereocenters. The summed E-state index contributed by atoms with van der Waals surface area (Å²) in [5, 5.41) is 2.89. The molecule has 7 heteroatoms. The van der Waals surface area contributed by atoms with Gasteiger partial charge in [0.05, 0.1) is 23.4 Å². The van der Waals surface area contributed by atoms with Crippen LogP contribution in [0.15, 0.2) is 64.9 Å². The van der Waals surface area contributed by atoms with Gasteiger partial charge in [-0.05, 0) is 42.1 Å². The first-order chi connectivity index (χ1) is 13.2. The second kappa shape index (κ2) is 7.85. The number of hydrogen-bond donors (Lipinski definition) is 0. The molecule has 0 unspecified atom stereocenters. The minimum absolute atomic E-state index is 0.0481. The van der Waals surface area contributed by atoms with E-state index in [-0.39, 0.29) is 5.91 Å². The molecule has 4 heterocycles.